The molecule has 2 heterocycles. The van der Waals surface area contributed by atoms with Gasteiger partial charge in [0.15, 0.2) is 0 Å². The Hall–Kier alpha value is -3.16. The molecule has 0 aliphatic carbocycles. The van der Waals surface area contributed by atoms with Crippen molar-refractivity contribution in [3.63, 3.8) is 0 Å². The highest BCUT2D eigenvalue weighted by molar-refractivity contribution is 8.00. The zero-order chi connectivity index (χ0) is 24.6. The molecule has 0 saturated carbocycles. The molecule has 5 rings (SSSR count). The van der Waals surface area contributed by atoms with E-state index in [1.54, 1.807) is 0 Å². The second-order valence-electron chi connectivity index (χ2n) is 8.89. The van der Waals surface area contributed by atoms with E-state index in [0.29, 0.717) is 5.25 Å². The lowest BCUT2D eigenvalue weighted by Crippen LogP contribution is -2.00. The van der Waals surface area contributed by atoms with Crippen molar-refractivity contribution in [1.29, 1.82) is 0 Å². The minimum atomic E-state index is 0.496. The Bertz CT molecular complexity index is 1400. The molecular weight excluding hydrogens is 482 g/mol. The fourth-order valence-corrected chi connectivity index (χ4v) is 6.08. The minimum Gasteiger partial charge on any atom is -0.252 e. The van der Waals surface area contributed by atoms with Crippen molar-refractivity contribution in [2.24, 2.45) is 0 Å². The Balaban J connectivity index is 1.13. The van der Waals surface area contributed by atoms with Gasteiger partial charge < -0.3 is 0 Å². The first-order valence-electron chi connectivity index (χ1n) is 12.3. The van der Waals surface area contributed by atoms with Gasteiger partial charge >= 0.3 is 0 Å². The average molecular weight is 512 g/mol. The van der Waals surface area contributed by atoms with E-state index < -0.39 is 0 Å². The molecule has 0 aliphatic rings. The molecule has 2 aromatic heterocycles. The van der Waals surface area contributed by atoms with Crippen molar-refractivity contribution < 1.29 is 0 Å². The van der Waals surface area contributed by atoms with Crippen LogP contribution in [0.15, 0.2) is 94.7 Å². The number of rotatable bonds is 11. The van der Waals surface area contributed by atoms with E-state index >= 15 is 0 Å². The number of hydrogen-bond acceptors (Lipinski definition) is 6. The van der Waals surface area contributed by atoms with Crippen LogP contribution in [-0.4, -0.2) is 30.9 Å². The van der Waals surface area contributed by atoms with Gasteiger partial charge in [0.1, 0.15) is 5.82 Å². The number of aryl methyl sites for hydroxylation is 3. The van der Waals surface area contributed by atoms with E-state index in [1.807, 2.05) is 29.6 Å². The number of H-pyrrole nitrogens is 1. The van der Waals surface area contributed by atoms with Crippen LogP contribution in [0.5, 0.6) is 0 Å². The molecule has 0 amide bonds. The number of nitrogens with one attached hydrogen (secondary N) is 1. The summed E-state index contributed by atoms with van der Waals surface area (Å²) in [6, 6.07) is 30.5. The summed E-state index contributed by atoms with van der Waals surface area (Å²) in [5.41, 5.74) is 4.93. The smallest absolute Gasteiger partial charge is 0.148 e. The molecule has 5 nitrogen and oxygen atoms in total. The van der Waals surface area contributed by atoms with Crippen LogP contribution in [0.2, 0.25) is 0 Å². The lowest BCUT2D eigenvalue weighted by Gasteiger charge is -2.11. The van der Waals surface area contributed by atoms with Crippen LogP contribution in [0.3, 0.4) is 0 Å². The molecule has 1 N–H and O–H groups in total. The highest BCUT2D eigenvalue weighted by atomic mass is 32.2. The number of benzene rings is 3. The third-order valence-corrected chi connectivity index (χ3v) is 8.25. The third kappa shape index (κ3) is 6.95. The Kier molecular flexibility index (Phi) is 8.31. The molecule has 0 aliphatic heterocycles. The summed E-state index contributed by atoms with van der Waals surface area (Å²) in [6.07, 6.45) is 3.97. The molecule has 0 fully saturated rings. The topological polar surface area (TPSA) is 67.3 Å². The predicted octanol–water partition coefficient (Wildman–Crippen LogP) is 6.94. The number of aromatic amines is 1. The SMILES string of the molecule is CC(CCc1nnn[nH]1)Sc1cccc(CCc2cccc(SCc3ccc4ccccc4n3)c2)c1. The van der Waals surface area contributed by atoms with Crippen molar-refractivity contribution in [3.05, 3.63) is 108 Å². The van der Waals surface area contributed by atoms with Gasteiger partial charge in [0, 0.05) is 32.6 Å². The van der Waals surface area contributed by atoms with Gasteiger partial charge in [-0.2, -0.15) is 0 Å². The number of para-hydroxylation sites is 1. The van der Waals surface area contributed by atoms with Crippen LogP contribution < -0.4 is 0 Å². The van der Waals surface area contributed by atoms with Gasteiger partial charge in [-0.15, -0.1) is 28.6 Å². The first-order chi connectivity index (χ1) is 17.7. The van der Waals surface area contributed by atoms with Crippen LogP contribution in [0.1, 0.15) is 36.0 Å². The number of hydrogen-bond donors (Lipinski definition) is 1. The first kappa shape index (κ1) is 24.5. The minimum absolute atomic E-state index is 0.496. The summed E-state index contributed by atoms with van der Waals surface area (Å²) in [7, 11) is 0. The highest BCUT2D eigenvalue weighted by Gasteiger charge is 2.08. The van der Waals surface area contributed by atoms with Crippen molar-refractivity contribution in [2.45, 2.75) is 53.4 Å². The van der Waals surface area contributed by atoms with E-state index in [-0.39, 0.29) is 0 Å². The summed E-state index contributed by atoms with van der Waals surface area (Å²) < 4.78 is 0. The first-order valence-corrected chi connectivity index (χ1v) is 14.1. The van der Waals surface area contributed by atoms with E-state index in [1.165, 1.54) is 26.3 Å². The van der Waals surface area contributed by atoms with Crippen LogP contribution in [0, 0.1) is 0 Å². The second kappa shape index (κ2) is 12.2. The van der Waals surface area contributed by atoms with Crippen molar-refractivity contribution in [3.8, 4) is 0 Å². The van der Waals surface area contributed by atoms with Gasteiger partial charge in [-0.05, 0) is 77.2 Å². The fraction of sp³-hybridized carbons (Fsp3) is 0.241. The average Bonchev–Trinajstić information content (AvgIpc) is 3.44. The number of nitrogens with zero attached hydrogens (tertiary/aromatic N) is 4. The van der Waals surface area contributed by atoms with Crippen LogP contribution in [0.25, 0.3) is 10.9 Å². The number of tetrazole rings is 1. The summed E-state index contributed by atoms with van der Waals surface area (Å²) >= 11 is 3.77. The van der Waals surface area contributed by atoms with E-state index in [0.717, 1.165) is 48.5 Å². The summed E-state index contributed by atoms with van der Waals surface area (Å²) in [5, 5.41) is 15.8. The molecule has 3 aromatic carbocycles. The van der Waals surface area contributed by atoms with Crippen molar-refractivity contribution >= 4 is 34.4 Å². The normalized spacial score (nSPS) is 12.1. The molecule has 36 heavy (non-hydrogen) atoms. The summed E-state index contributed by atoms with van der Waals surface area (Å²) in [6.45, 7) is 2.26. The lowest BCUT2D eigenvalue weighted by atomic mass is 10.0. The van der Waals surface area contributed by atoms with E-state index in [2.05, 4.69) is 106 Å². The number of thioether (sulfide) groups is 2. The van der Waals surface area contributed by atoms with Gasteiger partial charge in [-0.1, -0.05) is 55.5 Å². The van der Waals surface area contributed by atoms with Gasteiger partial charge in [0.2, 0.25) is 0 Å². The molecule has 1 atom stereocenters. The fourth-order valence-electron chi connectivity index (χ4n) is 4.12. The monoisotopic (exact) mass is 511 g/mol. The zero-order valence-corrected chi connectivity index (χ0v) is 21.9. The standard InChI is InChI=1S/C29H29N5S2/c1-21(12-17-29-31-33-34-32-29)36-27-10-5-7-23(19-27)14-13-22-6-4-9-26(18-22)35-20-25-16-15-24-8-2-3-11-28(24)30-25/h2-11,15-16,18-19,21H,12-14,17,20H2,1H3,(H,31,32,33,34). The molecule has 7 heteroatoms. The maximum Gasteiger partial charge on any atom is 0.148 e. The van der Waals surface area contributed by atoms with Crippen LogP contribution in [0.4, 0.5) is 0 Å². The maximum absolute atomic E-state index is 4.81. The zero-order valence-electron chi connectivity index (χ0n) is 20.3. The van der Waals surface area contributed by atoms with Gasteiger partial charge in [-0.3, -0.25) is 4.98 Å². The predicted molar refractivity (Wildman–Crippen MR) is 149 cm³/mol. The Morgan fingerprint density at radius 2 is 1.58 bits per heavy atom. The quantitative estimate of drug-likeness (QED) is 0.194. The molecule has 5 aromatic rings. The van der Waals surface area contributed by atoms with E-state index in [4.69, 9.17) is 4.98 Å². The molecule has 0 saturated heterocycles. The number of pyridine rings is 1. The Morgan fingerprint density at radius 3 is 2.39 bits per heavy atom. The number of aromatic nitrogens is 5. The van der Waals surface area contributed by atoms with Gasteiger partial charge in [0.25, 0.3) is 0 Å². The Labute approximate surface area is 220 Å². The largest absolute Gasteiger partial charge is 0.252 e. The maximum atomic E-state index is 4.81. The summed E-state index contributed by atoms with van der Waals surface area (Å²) in [5.74, 6) is 1.73. The third-order valence-electron chi connectivity index (χ3n) is 6.06. The Morgan fingerprint density at radius 1 is 0.806 bits per heavy atom. The molecule has 0 radical (unpaired) electrons. The van der Waals surface area contributed by atoms with Crippen LogP contribution >= 0.6 is 23.5 Å². The molecule has 0 bridgehead atoms. The van der Waals surface area contributed by atoms with Crippen LogP contribution in [-0.2, 0) is 25.0 Å². The van der Waals surface area contributed by atoms with Gasteiger partial charge in [-0.25, -0.2) is 5.10 Å². The second-order valence-corrected chi connectivity index (χ2v) is 11.5. The van der Waals surface area contributed by atoms with Crippen molar-refractivity contribution in [1.82, 2.24) is 25.6 Å². The highest BCUT2D eigenvalue weighted by Crippen LogP contribution is 2.28. The molecule has 182 valence electrons. The number of fused-ring (bicyclic) bond motifs is 1. The molecule has 1 unspecified atom stereocenters. The summed E-state index contributed by atoms with van der Waals surface area (Å²) in [4.78, 5) is 7.42. The lowest BCUT2D eigenvalue weighted by molar-refractivity contribution is 0.767. The van der Waals surface area contributed by atoms with Gasteiger partial charge in [0.05, 0.1) is 11.2 Å². The molecule has 0 spiro atoms. The van der Waals surface area contributed by atoms with Crippen molar-refractivity contribution in [2.75, 3.05) is 0 Å². The molecular formula is C29H29N5S2. The van der Waals surface area contributed by atoms with E-state index in [9.17, 15) is 0 Å².